The van der Waals surface area contributed by atoms with Gasteiger partial charge in [-0.1, -0.05) is 11.6 Å². The molecule has 0 fully saturated rings. The summed E-state index contributed by atoms with van der Waals surface area (Å²) in [7, 11) is 0. The van der Waals surface area contributed by atoms with Gasteiger partial charge >= 0.3 is 0 Å². The van der Waals surface area contributed by atoms with E-state index >= 15 is 0 Å². The Hall–Kier alpha value is -1.32. The van der Waals surface area contributed by atoms with E-state index in [1.54, 1.807) is 6.20 Å². The van der Waals surface area contributed by atoms with E-state index in [0.29, 0.717) is 17.5 Å². The first kappa shape index (κ1) is 13.1. The predicted molar refractivity (Wildman–Crippen MR) is 71.5 cm³/mol. The second-order valence-corrected chi connectivity index (χ2v) is 5.48. The van der Waals surface area contributed by atoms with E-state index in [1.807, 2.05) is 45.0 Å². The highest BCUT2D eigenvalue weighted by Gasteiger charge is 2.13. The minimum atomic E-state index is -0.187. The number of nitrogens with zero attached hydrogens (tertiary/aromatic N) is 1. The topological polar surface area (TPSA) is 35.3 Å². The maximum Gasteiger partial charge on any atom is 0.226 e. The average Bonchev–Trinajstić information content (AvgIpc) is 2.75. The van der Waals surface area contributed by atoms with Crippen LogP contribution in [0.2, 0.25) is 5.02 Å². The summed E-state index contributed by atoms with van der Waals surface area (Å²) in [4.78, 5) is 4.23. The molecule has 1 aromatic heterocycles. The Morgan fingerprint density at radius 2 is 1.89 bits per heavy atom. The SMILES string of the molecule is CC(C)(C)OCc1cnc(-c2ccc(Cl)cc2)o1. The maximum atomic E-state index is 5.83. The Labute approximate surface area is 112 Å². The lowest BCUT2D eigenvalue weighted by Crippen LogP contribution is -2.18. The highest BCUT2D eigenvalue weighted by molar-refractivity contribution is 6.30. The fourth-order valence-electron chi connectivity index (χ4n) is 1.39. The van der Waals surface area contributed by atoms with Crippen molar-refractivity contribution < 1.29 is 9.15 Å². The molecule has 3 nitrogen and oxygen atoms in total. The highest BCUT2D eigenvalue weighted by Crippen LogP contribution is 2.22. The first-order valence-corrected chi connectivity index (χ1v) is 6.16. The smallest absolute Gasteiger partial charge is 0.226 e. The summed E-state index contributed by atoms with van der Waals surface area (Å²) in [6.07, 6.45) is 1.69. The Balaban J connectivity index is 2.08. The van der Waals surface area contributed by atoms with Crippen LogP contribution in [-0.4, -0.2) is 10.6 Å². The highest BCUT2D eigenvalue weighted by atomic mass is 35.5. The van der Waals surface area contributed by atoms with Gasteiger partial charge in [-0.3, -0.25) is 0 Å². The van der Waals surface area contributed by atoms with Crippen molar-refractivity contribution in [3.8, 4) is 11.5 Å². The van der Waals surface area contributed by atoms with Gasteiger partial charge in [0.15, 0.2) is 5.76 Å². The van der Waals surface area contributed by atoms with Crippen LogP contribution in [0.4, 0.5) is 0 Å². The molecule has 2 aromatic rings. The van der Waals surface area contributed by atoms with Crippen molar-refractivity contribution in [3.63, 3.8) is 0 Å². The van der Waals surface area contributed by atoms with Gasteiger partial charge in [0.05, 0.1) is 11.8 Å². The molecule has 0 bridgehead atoms. The lowest BCUT2D eigenvalue weighted by molar-refractivity contribution is -0.0222. The minimum Gasteiger partial charge on any atom is -0.439 e. The summed E-state index contributed by atoms with van der Waals surface area (Å²) in [5.74, 6) is 1.30. The van der Waals surface area contributed by atoms with Gasteiger partial charge in [-0.2, -0.15) is 0 Å². The number of hydrogen-bond donors (Lipinski definition) is 0. The fraction of sp³-hybridized carbons (Fsp3) is 0.357. The second kappa shape index (κ2) is 5.12. The van der Waals surface area contributed by atoms with Crippen molar-refractivity contribution >= 4 is 11.6 Å². The van der Waals surface area contributed by atoms with Gasteiger partial charge in [-0.25, -0.2) is 4.98 Å². The van der Waals surface area contributed by atoms with E-state index in [2.05, 4.69) is 4.98 Å². The monoisotopic (exact) mass is 265 g/mol. The zero-order chi connectivity index (χ0) is 13.2. The summed E-state index contributed by atoms with van der Waals surface area (Å²) in [5.41, 5.74) is 0.717. The summed E-state index contributed by atoms with van der Waals surface area (Å²) in [6, 6.07) is 7.38. The fourth-order valence-corrected chi connectivity index (χ4v) is 1.51. The van der Waals surface area contributed by atoms with Gasteiger partial charge in [-0.05, 0) is 45.0 Å². The van der Waals surface area contributed by atoms with E-state index in [1.165, 1.54) is 0 Å². The summed E-state index contributed by atoms with van der Waals surface area (Å²) >= 11 is 5.83. The number of hydrogen-bond acceptors (Lipinski definition) is 3. The third-order valence-corrected chi connectivity index (χ3v) is 2.54. The van der Waals surface area contributed by atoms with Crippen LogP contribution >= 0.6 is 11.6 Å². The number of halogens is 1. The first-order valence-electron chi connectivity index (χ1n) is 5.79. The van der Waals surface area contributed by atoms with E-state index < -0.39 is 0 Å². The number of rotatable bonds is 3. The normalized spacial score (nSPS) is 11.8. The molecule has 1 aromatic carbocycles. The molecule has 0 aliphatic carbocycles. The van der Waals surface area contributed by atoms with Crippen LogP contribution in [0.25, 0.3) is 11.5 Å². The third kappa shape index (κ3) is 3.59. The summed E-state index contributed by atoms with van der Waals surface area (Å²) < 4.78 is 11.3. The molecule has 0 amide bonds. The first-order chi connectivity index (χ1) is 8.44. The van der Waals surface area contributed by atoms with Crippen LogP contribution in [0.1, 0.15) is 26.5 Å². The van der Waals surface area contributed by atoms with Crippen molar-refractivity contribution in [3.05, 3.63) is 41.2 Å². The van der Waals surface area contributed by atoms with Gasteiger partial charge in [0.1, 0.15) is 6.61 Å². The van der Waals surface area contributed by atoms with Crippen LogP contribution in [0.15, 0.2) is 34.9 Å². The van der Waals surface area contributed by atoms with Crippen LogP contribution in [0, 0.1) is 0 Å². The lowest BCUT2D eigenvalue weighted by Gasteiger charge is -2.18. The van der Waals surface area contributed by atoms with Crippen LogP contribution in [-0.2, 0) is 11.3 Å². The zero-order valence-electron chi connectivity index (χ0n) is 10.7. The molecule has 18 heavy (non-hydrogen) atoms. The van der Waals surface area contributed by atoms with Gasteiger partial charge in [0.25, 0.3) is 0 Å². The van der Waals surface area contributed by atoms with Gasteiger partial charge in [0, 0.05) is 10.6 Å². The quantitative estimate of drug-likeness (QED) is 0.829. The largest absolute Gasteiger partial charge is 0.439 e. The molecule has 4 heteroatoms. The molecule has 0 aliphatic heterocycles. The molecule has 0 N–H and O–H groups in total. The van der Waals surface area contributed by atoms with Crippen LogP contribution in [0.3, 0.4) is 0 Å². The predicted octanol–water partition coefficient (Wildman–Crippen LogP) is 4.31. The molecule has 0 saturated heterocycles. The molecule has 0 aliphatic rings. The molecule has 1 heterocycles. The zero-order valence-corrected chi connectivity index (χ0v) is 11.5. The lowest BCUT2D eigenvalue weighted by atomic mass is 10.2. The van der Waals surface area contributed by atoms with Crippen LogP contribution < -0.4 is 0 Å². The van der Waals surface area contributed by atoms with Crippen molar-refractivity contribution in [1.82, 2.24) is 4.98 Å². The van der Waals surface area contributed by atoms with E-state index in [0.717, 1.165) is 11.3 Å². The van der Waals surface area contributed by atoms with E-state index in [9.17, 15) is 0 Å². The summed E-state index contributed by atoms with van der Waals surface area (Å²) in [6.45, 7) is 6.43. The molecular weight excluding hydrogens is 250 g/mol. The van der Waals surface area contributed by atoms with Gasteiger partial charge in [0.2, 0.25) is 5.89 Å². The molecular formula is C14H16ClNO2. The van der Waals surface area contributed by atoms with Crippen molar-refractivity contribution in [1.29, 1.82) is 0 Å². The molecule has 0 radical (unpaired) electrons. The number of ether oxygens (including phenoxy) is 1. The van der Waals surface area contributed by atoms with E-state index in [-0.39, 0.29) is 5.60 Å². The Morgan fingerprint density at radius 3 is 2.50 bits per heavy atom. The minimum absolute atomic E-state index is 0.187. The molecule has 0 unspecified atom stereocenters. The summed E-state index contributed by atoms with van der Waals surface area (Å²) in [5, 5.41) is 0.696. The average molecular weight is 266 g/mol. The Kier molecular flexibility index (Phi) is 3.73. The number of aromatic nitrogens is 1. The third-order valence-electron chi connectivity index (χ3n) is 2.29. The molecule has 0 saturated carbocycles. The van der Waals surface area contributed by atoms with Crippen molar-refractivity contribution in [2.24, 2.45) is 0 Å². The second-order valence-electron chi connectivity index (χ2n) is 5.04. The molecule has 2 rings (SSSR count). The van der Waals surface area contributed by atoms with Gasteiger partial charge < -0.3 is 9.15 Å². The van der Waals surface area contributed by atoms with Crippen LogP contribution in [0.5, 0.6) is 0 Å². The standard InChI is InChI=1S/C14H16ClNO2/c1-14(2,3)17-9-12-8-16-13(18-12)10-4-6-11(15)7-5-10/h4-8H,9H2,1-3H3. The molecule has 0 spiro atoms. The number of oxazole rings is 1. The Morgan fingerprint density at radius 1 is 1.22 bits per heavy atom. The van der Waals surface area contributed by atoms with Crippen molar-refractivity contribution in [2.75, 3.05) is 0 Å². The van der Waals surface area contributed by atoms with Crippen molar-refractivity contribution in [2.45, 2.75) is 33.0 Å². The molecule has 96 valence electrons. The van der Waals surface area contributed by atoms with E-state index in [4.69, 9.17) is 20.8 Å². The number of benzene rings is 1. The van der Waals surface area contributed by atoms with Gasteiger partial charge in [-0.15, -0.1) is 0 Å². The Bertz CT molecular complexity index is 511. The maximum absolute atomic E-state index is 5.83. The molecule has 0 atom stereocenters.